The van der Waals surface area contributed by atoms with Crippen LogP contribution >= 0.6 is 11.3 Å². The topological polar surface area (TPSA) is 54.7 Å². The van der Waals surface area contributed by atoms with E-state index >= 15 is 0 Å². The Morgan fingerprint density at radius 1 is 1.00 bits per heavy atom. The summed E-state index contributed by atoms with van der Waals surface area (Å²) in [5.41, 5.74) is 4.06. The van der Waals surface area contributed by atoms with Gasteiger partial charge in [-0.05, 0) is 49.6 Å². The van der Waals surface area contributed by atoms with E-state index in [4.69, 9.17) is 4.99 Å². The molecule has 1 fully saturated rings. The van der Waals surface area contributed by atoms with E-state index in [0.29, 0.717) is 24.5 Å². The van der Waals surface area contributed by atoms with Gasteiger partial charge in [0.1, 0.15) is 0 Å². The molecule has 0 amide bonds. The van der Waals surface area contributed by atoms with E-state index in [9.17, 15) is 8.42 Å². The predicted molar refractivity (Wildman–Crippen MR) is 132 cm³/mol. The molecule has 1 aromatic heterocycles. The number of thiazole rings is 1. The molecule has 1 aliphatic heterocycles. The first-order valence-electron chi connectivity index (χ1n) is 11.0. The normalized spacial score (nSPS) is 16.1. The van der Waals surface area contributed by atoms with Crippen molar-refractivity contribution in [2.45, 2.75) is 44.0 Å². The van der Waals surface area contributed by atoms with Crippen LogP contribution < -0.4 is 4.80 Å². The van der Waals surface area contributed by atoms with Gasteiger partial charge in [-0.25, -0.2) is 13.4 Å². The molecule has 168 valence electrons. The summed E-state index contributed by atoms with van der Waals surface area (Å²) in [6.07, 6.45) is 5.91. The van der Waals surface area contributed by atoms with Crippen LogP contribution in [0.5, 0.6) is 0 Å². The Bertz CT molecular complexity index is 1230. The molecule has 7 heteroatoms. The highest BCUT2D eigenvalue weighted by atomic mass is 32.2. The summed E-state index contributed by atoms with van der Waals surface area (Å²) in [7, 11) is -3.45. The zero-order valence-electron chi connectivity index (χ0n) is 18.4. The third kappa shape index (κ3) is 4.95. The second-order valence-electron chi connectivity index (χ2n) is 8.09. The van der Waals surface area contributed by atoms with Gasteiger partial charge in [-0.3, -0.25) is 0 Å². The van der Waals surface area contributed by atoms with Crippen LogP contribution in [-0.4, -0.2) is 30.4 Å². The van der Waals surface area contributed by atoms with Crippen LogP contribution in [0.15, 0.2) is 76.5 Å². The van der Waals surface area contributed by atoms with Crippen LogP contribution in [0.3, 0.4) is 0 Å². The average molecular weight is 468 g/mol. The molecule has 0 unspecified atom stereocenters. The van der Waals surface area contributed by atoms with Crippen molar-refractivity contribution in [3.63, 3.8) is 0 Å². The van der Waals surface area contributed by atoms with Crippen LogP contribution in [0.4, 0.5) is 5.69 Å². The minimum Gasteiger partial charge on any atom is -0.313 e. The maximum atomic E-state index is 13.1. The van der Waals surface area contributed by atoms with Gasteiger partial charge in [0.05, 0.1) is 16.3 Å². The molecule has 1 aliphatic rings. The molecular weight excluding hydrogens is 438 g/mol. The first-order chi connectivity index (χ1) is 15.5. The molecule has 4 rings (SSSR count). The monoisotopic (exact) mass is 467 g/mol. The Kier molecular flexibility index (Phi) is 7.08. The molecule has 0 N–H and O–H groups in total. The van der Waals surface area contributed by atoms with Crippen LogP contribution in [0.1, 0.15) is 31.2 Å². The number of aryl methyl sites for hydroxylation is 1. The minimum atomic E-state index is -3.45. The van der Waals surface area contributed by atoms with E-state index < -0.39 is 10.0 Å². The predicted octanol–water partition coefficient (Wildman–Crippen LogP) is 5.51. The van der Waals surface area contributed by atoms with Gasteiger partial charge in [-0.15, -0.1) is 17.9 Å². The first-order valence-corrected chi connectivity index (χ1v) is 13.3. The lowest BCUT2D eigenvalue weighted by Crippen LogP contribution is -2.31. The SMILES string of the molecule is C=CCn1c(-c2ccc(S(=O)(=O)N3CCCCCC3)cc2)csc1=Nc1ccc(C)cc1. The van der Waals surface area contributed by atoms with Gasteiger partial charge in [0, 0.05) is 25.0 Å². The van der Waals surface area contributed by atoms with E-state index in [1.165, 1.54) is 5.56 Å². The molecule has 0 radical (unpaired) electrons. The number of rotatable bonds is 6. The van der Waals surface area contributed by atoms with Crippen molar-refractivity contribution >= 4 is 27.0 Å². The molecule has 2 heterocycles. The molecule has 0 saturated carbocycles. The van der Waals surface area contributed by atoms with Gasteiger partial charge in [0.2, 0.25) is 10.0 Å². The highest BCUT2D eigenvalue weighted by molar-refractivity contribution is 7.89. The zero-order chi connectivity index (χ0) is 22.6. The summed E-state index contributed by atoms with van der Waals surface area (Å²) in [5, 5.41) is 2.06. The smallest absolute Gasteiger partial charge is 0.243 e. The molecule has 0 spiro atoms. The zero-order valence-corrected chi connectivity index (χ0v) is 20.0. The fourth-order valence-electron chi connectivity index (χ4n) is 3.91. The van der Waals surface area contributed by atoms with E-state index in [1.54, 1.807) is 27.8 Å². The largest absolute Gasteiger partial charge is 0.313 e. The van der Waals surface area contributed by atoms with Crippen LogP contribution in [0, 0.1) is 6.92 Å². The van der Waals surface area contributed by atoms with E-state index in [2.05, 4.69) is 35.6 Å². The lowest BCUT2D eigenvalue weighted by Gasteiger charge is -2.20. The summed E-state index contributed by atoms with van der Waals surface area (Å²) in [6, 6.07) is 15.3. The van der Waals surface area contributed by atoms with Gasteiger partial charge >= 0.3 is 0 Å². The Morgan fingerprint density at radius 3 is 2.28 bits per heavy atom. The minimum absolute atomic E-state index is 0.359. The van der Waals surface area contributed by atoms with Crippen LogP contribution in [0.25, 0.3) is 11.3 Å². The number of hydrogen-bond donors (Lipinski definition) is 0. The lowest BCUT2D eigenvalue weighted by atomic mass is 10.2. The standard InChI is InChI=1S/C25H29N3O2S2/c1-3-16-28-24(19-31-25(28)26-22-12-8-20(2)9-13-22)21-10-14-23(15-11-21)32(29,30)27-17-6-4-5-7-18-27/h3,8-15,19H,1,4-7,16-18H2,2H3. The Morgan fingerprint density at radius 2 is 1.66 bits per heavy atom. The molecular formula is C25H29N3O2S2. The third-order valence-corrected chi connectivity index (χ3v) is 8.50. The first kappa shape index (κ1) is 22.7. The van der Waals surface area contributed by atoms with Gasteiger partial charge in [0.25, 0.3) is 0 Å². The van der Waals surface area contributed by atoms with Gasteiger partial charge in [0.15, 0.2) is 4.80 Å². The molecule has 0 aliphatic carbocycles. The number of allylic oxidation sites excluding steroid dienone is 1. The number of benzene rings is 2. The van der Waals surface area contributed by atoms with E-state index in [-0.39, 0.29) is 0 Å². The van der Waals surface area contributed by atoms with Crippen molar-refractivity contribution in [3.8, 4) is 11.3 Å². The number of sulfonamides is 1. The Labute approximate surface area is 194 Å². The van der Waals surface area contributed by atoms with Crippen LogP contribution in [-0.2, 0) is 16.6 Å². The molecule has 0 atom stereocenters. The van der Waals surface area contributed by atoms with E-state index in [0.717, 1.165) is 47.4 Å². The molecule has 1 saturated heterocycles. The average Bonchev–Trinajstić information content (AvgIpc) is 3.00. The van der Waals surface area contributed by atoms with Crippen molar-refractivity contribution < 1.29 is 8.42 Å². The highest BCUT2D eigenvalue weighted by Crippen LogP contribution is 2.25. The Balaban J connectivity index is 1.66. The molecule has 3 aromatic rings. The second kappa shape index (κ2) is 9.98. The molecule has 32 heavy (non-hydrogen) atoms. The second-order valence-corrected chi connectivity index (χ2v) is 10.9. The van der Waals surface area contributed by atoms with Gasteiger partial charge in [-0.2, -0.15) is 4.31 Å². The number of nitrogens with zero attached hydrogens (tertiary/aromatic N) is 3. The fourth-order valence-corrected chi connectivity index (χ4v) is 6.37. The van der Waals surface area contributed by atoms with Gasteiger partial charge in [-0.1, -0.05) is 48.7 Å². The summed E-state index contributed by atoms with van der Waals surface area (Å²) in [6.45, 7) is 7.79. The third-order valence-electron chi connectivity index (χ3n) is 5.72. The fraction of sp³-hybridized carbons (Fsp3) is 0.320. The van der Waals surface area contributed by atoms with Crippen molar-refractivity contribution in [3.05, 3.63) is 76.9 Å². The van der Waals surface area contributed by atoms with Gasteiger partial charge < -0.3 is 4.57 Å². The maximum absolute atomic E-state index is 13.1. The van der Waals surface area contributed by atoms with Crippen molar-refractivity contribution in [1.82, 2.24) is 8.87 Å². The van der Waals surface area contributed by atoms with Crippen LogP contribution in [0.2, 0.25) is 0 Å². The summed E-state index contributed by atoms with van der Waals surface area (Å²) in [5.74, 6) is 0. The number of hydrogen-bond acceptors (Lipinski definition) is 4. The lowest BCUT2D eigenvalue weighted by molar-refractivity contribution is 0.424. The van der Waals surface area contributed by atoms with Crippen molar-refractivity contribution in [1.29, 1.82) is 0 Å². The maximum Gasteiger partial charge on any atom is 0.243 e. The van der Waals surface area contributed by atoms with Crippen molar-refractivity contribution in [2.24, 2.45) is 4.99 Å². The molecule has 0 bridgehead atoms. The molecule has 2 aromatic carbocycles. The highest BCUT2D eigenvalue weighted by Gasteiger charge is 2.25. The summed E-state index contributed by atoms with van der Waals surface area (Å²) < 4.78 is 29.9. The summed E-state index contributed by atoms with van der Waals surface area (Å²) >= 11 is 1.57. The van der Waals surface area contributed by atoms with Crippen molar-refractivity contribution in [2.75, 3.05) is 13.1 Å². The molecule has 5 nitrogen and oxygen atoms in total. The van der Waals surface area contributed by atoms with E-state index in [1.807, 2.05) is 30.3 Å². The number of aromatic nitrogens is 1. The quantitative estimate of drug-likeness (QED) is 0.449. The Hall–Kier alpha value is -2.48. The summed E-state index contributed by atoms with van der Waals surface area (Å²) in [4.78, 5) is 6.04.